The summed E-state index contributed by atoms with van der Waals surface area (Å²) in [6.07, 6.45) is 0. The zero-order valence-corrected chi connectivity index (χ0v) is 15.7. The van der Waals surface area contributed by atoms with Crippen molar-refractivity contribution < 1.29 is 13.5 Å². The predicted molar refractivity (Wildman–Crippen MR) is 95.1 cm³/mol. The molecular weight excluding hydrogens is 311 g/mol. The molecule has 5 nitrogen and oxygen atoms in total. The summed E-state index contributed by atoms with van der Waals surface area (Å²) in [5.74, 6) is 0. The lowest BCUT2D eigenvalue weighted by Gasteiger charge is -2.32. The second-order valence-electron chi connectivity index (χ2n) is 6.86. The highest BCUT2D eigenvalue weighted by atomic mass is 32.2. The minimum Gasteiger partial charge on any atom is -0.399 e. The quantitative estimate of drug-likeness (QED) is 0.791. The number of hydrogen-bond acceptors (Lipinski definition) is 4. The SMILES string of the molecule is CNCCN(C)S(=O)c1ccc(B2OC(C)(C)C(C)(C)O2)cc1. The third-order valence-electron chi connectivity index (χ3n) is 4.57. The smallest absolute Gasteiger partial charge is 0.399 e. The van der Waals surface area contributed by atoms with Gasteiger partial charge in [-0.25, -0.2) is 8.51 Å². The maximum atomic E-state index is 12.4. The molecule has 0 saturated carbocycles. The van der Waals surface area contributed by atoms with Crippen LogP contribution in [0.3, 0.4) is 0 Å². The molecule has 0 amide bonds. The van der Waals surface area contributed by atoms with Crippen LogP contribution in [0.15, 0.2) is 29.2 Å². The highest BCUT2D eigenvalue weighted by Gasteiger charge is 2.51. The minimum absolute atomic E-state index is 0.355. The lowest BCUT2D eigenvalue weighted by Crippen LogP contribution is -2.41. The van der Waals surface area contributed by atoms with Gasteiger partial charge in [-0.05, 0) is 52.3 Å². The molecule has 2 rings (SSSR count). The Morgan fingerprint density at radius 1 is 1.13 bits per heavy atom. The van der Waals surface area contributed by atoms with Crippen molar-refractivity contribution in [1.29, 1.82) is 0 Å². The fourth-order valence-electron chi connectivity index (χ4n) is 2.25. The predicted octanol–water partition coefficient (Wildman–Crippen LogP) is 1.16. The summed E-state index contributed by atoms with van der Waals surface area (Å²) in [6.45, 7) is 9.66. The van der Waals surface area contributed by atoms with Crippen LogP contribution in [-0.4, -0.2) is 54.0 Å². The van der Waals surface area contributed by atoms with Gasteiger partial charge in [-0.3, -0.25) is 0 Å². The van der Waals surface area contributed by atoms with E-state index in [1.807, 2.05) is 70.4 Å². The van der Waals surface area contributed by atoms with Crippen LogP contribution in [0.25, 0.3) is 0 Å². The number of rotatable bonds is 6. The second kappa shape index (κ2) is 7.03. The Morgan fingerprint density at radius 3 is 2.13 bits per heavy atom. The van der Waals surface area contributed by atoms with Gasteiger partial charge in [0, 0.05) is 20.1 Å². The Labute approximate surface area is 142 Å². The van der Waals surface area contributed by atoms with E-state index in [9.17, 15) is 4.21 Å². The van der Waals surface area contributed by atoms with E-state index < -0.39 is 11.0 Å². The van der Waals surface area contributed by atoms with Crippen molar-refractivity contribution in [2.75, 3.05) is 27.2 Å². The van der Waals surface area contributed by atoms with Gasteiger partial charge in [-0.2, -0.15) is 0 Å². The number of benzene rings is 1. The Hall–Kier alpha value is -0.725. The fraction of sp³-hybridized carbons (Fsp3) is 0.625. The van der Waals surface area contributed by atoms with Crippen molar-refractivity contribution in [2.45, 2.75) is 43.8 Å². The van der Waals surface area contributed by atoms with E-state index in [1.54, 1.807) is 0 Å². The van der Waals surface area contributed by atoms with E-state index in [2.05, 4.69) is 5.32 Å². The summed E-state index contributed by atoms with van der Waals surface area (Å²) >= 11 is 0. The summed E-state index contributed by atoms with van der Waals surface area (Å²) in [5.41, 5.74) is 0.237. The zero-order valence-electron chi connectivity index (χ0n) is 14.9. The number of nitrogens with zero attached hydrogens (tertiary/aromatic N) is 1. The van der Waals surface area contributed by atoms with Crippen molar-refractivity contribution in [1.82, 2.24) is 9.62 Å². The molecule has 1 aliphatic rings. The molecule has 1 N–H and O–H groups in total. The summed E-state index contributed by atoms with van der Waals surface area (Å²) < 4.78 is 26.3. The van der Waals surface area contributed by atoms with Crippen molar-refractivity contribution in [2.24, 2.45) is 0 Å². The maximum Gasteiger partial charge on any atom is 0.494 e. The van der Waals surface area contributed by atoms with E-state index in [4.69, 9.17) is 9.31 Å². The molecule has 0 aromatic heterocycles. The van der Waals surface area contributed by atoms with Gasteiger partial charge >= 0.3 is 7.12 Å². The molecule has 0 radical (unpaired) electrons. The molecule has 1 heterocycles. The minimum atomic E-state index is -1.16. The largest absolute Gasteiger partial charge is 0.494 e. The lowest BCUT2D eigenvalue weighted by molar-refractivity contribution is 0.00578. The van der Waals surface area contributed by atoms with Gasteiger partial charge in [-0.15, -0.1) is 0 Å². The Kier molecular flexibility index (Phi) is 5.69. The molecule has 1 aromatic carbocycles. The molecule has 128 valence electrons. The average Bonchev–Trinajstić information content (AvgIpc) is 2.72. The zero-order chi connectivity index (χ0) is 17.3. The summed E-state index contributed by atoms with van der Waals surface area (Å²) in [6, 6.07) is 7.63. The molecule has 7 heteroatoms. The Balaban J connectivity index is 2.07. The number of hydrogen-bond donors (Lipinski definition) is 1. The molecular formula is C16H27BN2O3S. The average molecular weight is 338 g/mol. The normalized spacial score (nSPS) is 20.9. The molecule has 1 aromatic rings. The number of nitrogens with one attached hydrogen (secondary N) is 1. The van der Waals surface area contributed by atoms with Gasteiger partial charge < -0.3 is 14.6 Å². The van der Waals surface area contributed by atoms with E-state index in [-0.39, 0.29) is 18.3 Å². The summed E-state index contributed by atoms with van der Waals surface area (Å²) in [4.78, 5) is 0.781. The Morgan fingerprint density at radius 2 is 1.65 bits per heavy atom. The van der Waals surface area contributed by atoms with Crippen LogP contribution in [0, 0.1) is 0 Å². The van der Waals surface area contributed by atoms with Crippen molar-refractivity contribution in [3.63, 3.8) is 0 Å². The van der Waals surface area contributed by atoms with Gasteiger partial charge in [0.2, 0.25) is 0 Å². The van der Waals surface area contributed by atoms with Crippen LogP contribution >= 0.6 is 0 Å². The Bertz CT molecular complexity index is 547. The van der Waals surface area contributed by atoms with Crippen molar-refractivity contribution in [3.8, 4) is 0 Å². The second-order valence-corrected chi connectivity index (χ2v) is 8.45. The first kappa shape index (κ1) is 18.6. The van der Waals surface area contributed by atoms with E-state index in [0.29, 0.717) is 0 Å². The first-order valence-electron chi connectivity index (χ1n) is 7.91. The molecule has 1 unspecified atom stereocenters. The standard InChI is InChI=1S/C16H27BN2O3S/c1-15(2)16(3,4)22-17(21-15)13-7-9-14(10-8-13)23(20)19(6)12-11-18-5/h7-10,18H,11-12H2,1-6H3. The van der Waals surface area contributed by atoms with Gasteiger partial charge in [-0.1, -0.05) is 12.1 Å². The topological polar surface area (TPSA) is 50.8 Å². The van der Waals surface area contributed by atoms with Crippen molar-refractivity contribution in [3.05, 3.63) is 24.3 Å². The molecule has 1 saturated heterocycles. The highest BCUT2D eigenvalue weighted by Crippen LogP contribution is 2.36. The van der Waals surface area contributed by atoms with Crippen LogP contribution in [0.2, 0.25) is 0 Å². The molecule has 0 spiro atoms. The highest BCUT2D eigenvalue weighted by molar-refractivity contribution is 7.82. The van der Waals surface area contributed by atoms with Gasteiger partial charge in [0.05, 0.1) is 16.1 Å². The fourth-order valence-corrected chi connectivity index (χ4v) is 3.24. The molecule has 23 heavy (non-hydrogen) atoms. The van der Waals surface area contributed by atoms with Crippen LogP contribution in [0.4, 0.5) is 0 Å². The van der Waals surface area contributed by atoms with Crippen LogP contribution < -0.4 is 10.8 Å². The molecule has 1 fully saturated rings. The van der Waals surface area contributed by atoms with Crippen molar-refractivity contribution >= 4 is 23.6 Å². The van der Waals surface area contributed by atoms with Gasteiger partial charge in [0.25, 0.3) is 0 Å². The maximum absolute atomic E-state index is 12.4. The van der Waals surface area contributed by atoms with E-state index in [0.717, 1.165) is 23.4 Å². The lowest BCUT2D eigenvalue weighted by atomic mass is 9.79. The monoisotopic (exact) mass is 338 g/mol. The van der Waals surface area contributed by atoms with E-state index >= 15 is 0 Å². The summed E-state index contributed by atoms with van der Waals surface area (Å²) in [7, 11) is 2.20. The van der Waals surface area contributed by atoms with Crippen LogP contribution in [0.5, 0.6) is 0 Å². The van der Waals surface area contributed by atoms with Gasteiger partial charge in [0.15, 0.2) is 0 Å². The third kappa shape index (κ3) is 4.03. The van der Waals surface area contributed by atoms with E-state index in [1.165, 1.54) is 0 Å². The van der Waals surface area contributed by atoms with Crippen LogP contribution in [0.1, 0.15) is 27.7 Å². The first-order chi connectivity index (χ1) is 10.7. The molecule has 0 aliphatic carbocycles. The number of likely N-dealkylation sites (N-methyl/N-ethyl adjacent to an activating group) is 2. The molecule has 1 atom stereocenters. The molecule has 0 bridgehead atoms. The summed E-state index contributed by atoms with van der Waals surface area (Å²) in [5, 5.41) is 3.06. The molecule has 1 aliphatic heterocycles. The third-order valence-corrected chi connectivity index (χ3v) is 5.99. The van der Waals surface area contributed by atoms with Crippen LogP contribution in [-0.2, 0) is 20.3 Å². The first-order valence-corrected chi connectivity index (χ1v) is 9.02. The van der Waals surface area contributed by atoms with Gasteiger partial charge in [0.1, 0.15) is 11.0 Å².